The van der Waals surface area contributed by atoms with Gasteiger partial charge in [0.2, 0.25) is 0 Å². The third-order valence-electron chi connectivity index (χ3n) is 7.47. The van der Waals surface area contributed by atoms with Crippen LogP contribution in [0.5, 0.6) is 0 Å². The van der Waals surface area contributed by atoms with Crippen LogP contribution in [-0.2, 0) is 6.42 Å². The molecule has 0 amide bonds. The van der Waals surface area contributed by atoms with E-state index in [-0.39, 0.29) is 5.41 Å². The molecule has 122 valence electrons. The van der Waals surface area contributed by atoms with Crippen molar-refractivity contribution in [2.75, 3.05) is 5.73 Å². The molecule has 3 aliphatic carbocycles. The summed E-state index contributed by atoms with van der Waals surface area (Å²) >= 11 is 0. The Morgan fingerprint density at radius 1 is 1.30 bits per heavy atom. The number of nitrogens with two attached hydrogens (primary N) is 1. The van der Waals surface area contributed by atoms with Gasteiger partial charge in [0.15, 0.2) is 0 Å². The van der Waals surface area contributed by atoms with E-state index < -0.39 is 5.60 Å². The number of benzene rings is 1. The van der Waals surface area contributed by atoms with Crippen LogP contribution in [0.2, 0.25) is 0 Å². The second kappa shape index (κ2) is 5.02. The van der Waals surface area contributed by atoms with E-state index in [9.17, 15) is 5.11 Å². The van der Waals surface area contributed by atoms with Crippen molar-refractivity contribution in [3.8, 4) is 12.3 Å². The third kappa shape index (κ3) is 1.86. The molecule has 2 nitrogen and oxygen atoms in total. The van der Waals surface area contributed by atoms with Crippen molar-refractivity contribution < 1.29 is 5.11 Å². The molecular weight excluding hydrogens is 282 g/mol. The number of terminal acetylenes is 1. The van der Waals surface area contributed by atoms with Crippen molar-refractivity contribution in [2.45, 2.75) is 63.4 Å². The first-order valence-corrected chi connectivity index (χ1v) is 9.13. The van der Waals surface area contributed by atoms with Gasteiger partial charge in [-0.3, -0.25) is 0 Å². The van der Waals surface area contributed by atoms with Gasteiger partial charge >= 0.3 is 0 Å². The smallest absolute Gasteiger partial charge is 0.131 e. The van der Waals surface area contributed by atoms with E-state index in [1.165, 1.54) is 17.5 Å². The van der Waals surface area contributed by atoms with Crippen molar-refractivity contribution in [1.29, 1.82) is 0 Å². The van der Waals surface area contributed by atoms with E-state index in [4.69, 9.17) is 12.2 Å². The molecule has 0 radical (unpaired) electrons. The molecule has 1 aromatic rings. The Kier molecular flexibility index (Phi) is 3.29. The van der Waals surface area contributed by atoms with Crippen molar-refractivity contribution in [1.82, 2.24) is 0 Å². The molecule has 3 N–H and O–H groups in total. The Balaban J connectivity index is 1.74. The highest BCUT2D eigenvalue weighted by Gasteiger charge is 2.62. The molecule has 3 aliphatic rings. The zero-order valence-corrected chi connectivity index (χ0v) is 14.0. The Morgan fingerprint density at radius 3 is 2.87 bits per heavy atom. The van der Waals surface area contributed by atoms with Crippen molar-refractivity contribution >= 4 is 5.69 Å². The van der Waals surface area contributed by atoms with Gasteiger partial charge in [0.1, 0.15) is 5.60 Å². The van der Waals surface area contributed by atoms with Crippen molar-refractivity contribution in [3.05, 3.63) is 29.3 Å². The van der Waals surface area contributed by atoms with Gasteiger partial charge in [-0.1, -0.05) is 18.9 Å². The minimum Gasteiger partial charge on any atom is -0.399 e. The number of nitrogen functional groups attached to an aromatic ring is 1. The molecule has 2 saturated carbocycles. The van der Waals surface area contributed by atoms with Gasteiger partial charge in [0.25, 0.3) is 0 Å². The highest BCUT2D eigenvalue weighted by atomic mass is 16.3. The SMILES string of the molecule is C#C[C@]1(O)CC[C@H]2[C@@H]3CCc4cc(N)ccc4[C@H]3CC[C@@]21CC. The molecule has 0 heterocycles. The number of anilines is 1. The lowest BCUT2D eigenvalue weighted by atomic mass is 9.52. The minimum atomic E-state index is -0.890. The number of hydrogen-bond donors (Lipinski definition) is 2. The molecule has 2 fully saturated rings. The fourth-order valence-electron chi connectivity index (χ4n) is 6.38. The van der Waals surface area contributed by atoms with Crippen LogP contribution < -0.4 is 5.73 Å². The molecule has 0 saturated heterocycles. The van der Waals surface area contributed by atoms with Gasteiger partial charge in [-0.05, 0) is 86.0 Å². The summed E-state index contributed by atoms with van der Waals surface area (Å²) in [6.45, 7) is 2.22. The summed E-state index contributed by atoms with van der Waals surface area (Å²) in [6.07, 6.45) is 13.2. The van der Waals surface area contributed by atoms with Crippen LogP contribution in [0.25, 0.3) is 0 Å². The average Bonchev–Trinajstić information content (AvgIpc) is 2.88. The topological polar surface area (TPSA) is 46.2 Å². The highest BCUT2D eigenvalue weighted by Crippen LogP contribution is 2.65. The largest absolute Gasteiger partial charge is 0.399 e. The molecule has 0 unspecified atom stereocenters. The number of fused-ring (bicyclic) bond motifs is 5. The lowest BCUT2D eigenvalue weighted by molar-refractivity contribution is -0.0798. The van der Waals surface area contributed by atoms with Crippen LogP contribution in [0.15, 0.2) is 18.2 Å². The maximum absolute atomic E-state index is 11.1. The molecule has 0 aliphatic heterocycles. The van der Waals surface area contributed by atoms with Gasteiger partial charge in [-0.15, -0.1) is 6.42 Å². The standard InChI is InChI=1S/C21H27NO/c1-3-20-11-9-17-16-8-6-15(22)13-14(16)5-7-18(17)19(20)10-12-21(20,23)4-2/h2,6,8,13,17-19,23H,3,5,7,9-12,22H2,1H3/t17-,18-,19+,20+,21+/m1/s1. The molecule has 0 bridgehead atoms. The van der Waals surface area contributed by atoms with E-state index in [1.54, 1.807) is 0 Å². The molecular formula is C21H27NO. The lowest BCUT2D eigenvalue weighted by Crippen LogP contribution is -2.51. The molecule has 4 rings (SSSR count). The monoisotopic (exact) mass is 309 g/mol. The Morgan fingerprint density at radius 2 is 2.13 bits per heavy atom. The fourth-order valence-corrected chi connectivity index (χ4v) is 6.38. The van der Waals surface area contributed by atoms with E-state index in [1.807, 2.05) is 0 Å². The highest BCUT2D eigenvalue weighted by molar-refractivity contribution is 5.47. The first kappa shape index (κ1) is 15.1. The van der Waals surface area contributed by atoms with Gasteiger partial charge < -0.3 is 10.8 Å². The number of hydrogen-bond acceptors (Lipinski definition) is 2. The number of aryl methyl sites for hydroxylation is 1. The van der Waals surface area contributed by atoms with Crippen LogP contribution in [0.1, 0.15) is 62.5 Å². The van der Waals surface area contributed by atoms with E-state index in [0.717, 1.165) is 44.2 Å². The third-order valence-corrected chi connectivity index (χ3v) is 7.47. The van der Waals surface area contributed by atoms with Gasteiger partial charge in [0, 0.05) is 11.1 Å². The van der Waals surface area contributed by atoms with Crippen molar-refractivity contribution in [2.24, 2.45) is 17.3 Å². The molecule has 1 aromatic carbocycles. The van der Waals surface area contributed by atoms with E-state index in [0.29, 0.717) is 17.8 Å². The van der Waals surface area contributed by atoms with Crippen LogP contribution in [-0.4, -0.2) is 10.7 Å². The zero-order chi connectivity index (χ0) is 16.2. The maximum atomic E-state index is 11.1. The normalized spacial score (nSPS) is 41.5. The Bertz CT molecular complexity index is 675. The summed E-state index contributed by atoms with van der Waals surface area (Å²) in [7, 11) is 0. The average molecular weight is 309 g/mol. The van der Waals surface area contributed by atoms with Gasteiger partial charge in [-0.25, -0.2) is 0 Å². The number of aliphatic hydroxyl groups is 1. The summed E-state index contributed by atoms with van der Waals surface area (Å²) in [5.74, 6) is 4.66. The summed E-state index contributed by atoms with van der Waals surface area (Å²) < 4.78 is 0. The quantitative estimate of drug-likeness (QED) is 0.611. The first-order chi connectivity index (χ1) is 11.0. The molecule has 0 aromatic heterocycles. The predicted octanol–water partition coefficient (Wildman–Crippen LogP) is 3.88. The molecule has 5 atom stereocenters. The Labute approximate surface area is 139 Å². The summed E-state index contributed by atoms with van der Waals surface area (Å²) in [5, 5.41) is 11.1. The Hall–Kier alpha value is -1.46. The van der Waals surface area contributed by atoms with Gasteiger partial charge in [0.05, 0.1) is 0 Å². The summed E-state index contributed by atoms with van der Waals surface area (Å²) in [4.78, 5) is 0. The van der Waals surface area contributed by atoms with Crippen LogP contribution in [0.4, 0.5) is 5.69 Å². The predicted molar refractivity (Wildman–Crippen MR) is 93.9 cm³/mol. The maximum Gasteiger partial charge on any atom is 0.131 e. The summed E-state index contributed by atoms with van der Waals surface area (Å²) in [5.41, 5.74) is 8.86. The van der Waals surface area contributed by atoms with E-state index >= 15 is 0 Å². The second-order valence-electron chi connectivity index (χ2n) is 7.97. The number of rotatable bonds is 1. The van der Waals surface area contributed by atoms with Crippen LogP contribution >= 0.6 is 0 Å². The lowest BCUT2D eigenvalue weighted by Gasteiger charge is -2.53. The zero-order valence-electron chi connectivity index (χ0n) is 14.0. The first-order valence-electron chi connectivity index (χ1n) is 9.13. The second-order valence-corrected chi connectivity index (χ2v) is 7.97. The fraction of sp³-hybridized carbons (Fsp3) is 0.619. The minimum absolute atomic E-state index is 0.0613. The molecule has 23 heavy (non-hydrogen) atoms. The van der Waals surface area contributed by atoms with E-state index in [2.05, 4.69) is 31.0 Å². The molecule has 2 heteroatoms. The summed E-state index contributed by atoms with van der Waals surface area (Å²) in [6, 6.07) is 6.47. The van der Waals surface area contributed by atoms with Crippen LogP contribution in [0.3, 0.4) is 0 Å². The van der Waals surface area contributed by atoms with Crippen LogP contribution in [0, 0.1) is 29.6 Å². The van der Waals surface area contributed by atoms with Crippen molar-refractivity contribution in [3.63, 3.8) is 0 Å². The molecule has 0 spiro atoms. The van der Waals surface area contributed by atoms with Gasteiger partial charge in [-0.2, -0.15) is 0 Å².